The second-order valence-electron chi connectivity index (χ2n) is 6.70. The van der Waals surface area contributed by atoms with Crippen molar-refractivity contribution in [3.63, 3.8) is 0 Å². The summed E-state index contributed by atoms with van der Waals surface area (Å²) in [5, 5.41) is 6.06. The Morgan fingerprint density at radius 1 is 1.31 bits per heavy atom. The van der Waals surface area contributed by atoms with E-state index < -0.39 is 28.8 Å². The first kappa shape index (κ1) is 18.8. The fourth-order valence-electron chi connectivity index (χ4n) is 2.98. The third-order valence-electron chi connectivity index (χ3n) is 4.60. The topological polar surface area (TPSA) is 46.9 Å². The van der Waals surface area contributed by atoms with Crippen LogP contribution in [0, 0.1) is 13.8 Å². The maximum atomic E-state index is 13.2. The van der Waals surface area contributed by atoms with Gasteiger partial charge in [-0.15, -0.1) is 0 Å². The Kier molecular flexibility index (Phi) is 4.77. The lowest BCUT2D eigenvalue weighted by Gasteiger charge is -2.18. The van der Waals surface area contributed by atoms with Gasteiger partial charge in [0, 0.05) is 11.6 Å². The first-order valence-electron chi connectivity index (χ1n) is 8.33. The van der Waals surface area contributed by atoms with Crippen LogP contribution in [0.1, 0.15) is 54.2 Å². The molecule has 0 saturated heterocycles. The molecule has 1 fully saturated rings. The molecule has 140 valence electrons. The molecule has 1 aliphatic rings. The van der Waals surface area contributed by atoms with Crippen molar-refractivity contribution in [3.8, 4) is 0 Å². The van der Waals surface area contributed by atoms with Gasteiger partial charge in [0.25, 0.3) is 0 Å². The number of carbonyl (C=O) groups excluding carboxylic acids is 1. The molecule has 1 aromatic carbocycles. The third-order valence-corrected chi connectivity index (χ3v) is 4.97. The number of anilines is 1. The number of rotatable bonds is 4. The van der Waals surface area contributed by atoms with E-state index in [1.807, 2.05) is 32.0 Å². The van der Waals surface area contributed by atoms with E-state index in [1.54, 1.807) is 0 Å². The molecular formula is C18H19ClF3N3O. The SMILES string of the molecule is Cc1cccc(C)c1NC(=O)C(C)n1nc(C(F)(F)F)c(Cl)c1C1CC1. The van der Waals surface area contributed by atoms with Crippen molar-refractivity contribution in [3.05, 3.63) is 45.7 Å². The first-order chi connectivity index (χ1) is 12.1. The van der Waals surface area contributed by atoms with E-state index in [0.29, 0.717) is 11.4 Å². The average Bonchev–Trinajstić information content (AvgIpc) is 3.31. The largest absolute Gasteiger partial charge is 0.436 e. The van der Waals surface area contributed by atoms with Gasteiger partial charge in [-0.05, 0) is 44.7 Å². The zero-order chi connectivity index (χ0) is 19.2. The summed E-state index contributed by atoms with van der Waals surface area (Å²) >= 11 is 5.97. The molecule has 0 bridgehead atoms. The molecule has 26 heavy (non-hydrogen) atoms. The summed E-state index contributed by atoms with van der Waals surface area (Å²) < 4.78 is 40.7. The van der Waals surface area contributed by atoms with Crippen molar-refractivity contribution >= 4 is 23.2 Å². The van der Waals surface area contributed by atoms with Crippen LogP contribution in [0.5, 0.6) is 0 Å². The van der Waals surface area contributed by atoms with E-state index in [1.165, 1.54) is 6.92 Å². The van der Waals surface area contributed by atoms with Crippen LogP contribution in [0.25, 0.3) is 0 Å². The van der Waals surface area contributed by atoms with E-state index in [9.17, 15) is 18.0 Å². The Hall–Kier alpha value is -2.02. The van der Waals surface area contributed by atoms with E-state index >= 15 is 0 Å². The first-order valence-corrected chi connectivity index (χ1v) is 8.71. The number of nitrogens with zero attached hydrogens (tertiary/aromatic N) is 2. The number of amides is 1. The van der Waals surface area contributed by atoms with Gasteiger partial charge in [0.15, 0.2) is 5.69 Å². The van der Waals surface area contributed by atoms with Crippen LogP contribution < -0.4 is 5.32 Å². The number of nitrogens with one attached hydrogen (secondary N) is 1. The predicted octanol–water partition coefficient (Wildman–Crippen LogP) is 5.25. The minimum Gasteiger partial charge on any atom is -0.324 e. The smallest absolute Gasteiger partial charge is 0.324 e. The Morgan fingerprint density at radius 3 is 2.38 bits per heavy atom. The summed E-state index contributed by atoms with van der Waals surface area (Å²) in [6.45, 7) is 5.24. The second kappa shape index (κ2) is 6.61. The standard InChI is InChI=1S/C18H19ClF3N3O/c1-9-5-4-6-10(2)14(9)23-17(26)11(3)25-15(12-7-8-12)13(19)16(24-25)18(20,21)22/h4-6,11-12H,7-8H2,1-3H3,(H,23,26). The van der Waals surface area contributed by atoms with Crippen LogP contribution in [-0.4, -0.2) is 15.7 Å². The summed E-state index contributed by atoms with van der Waals surface area (Å²) in [5.41, 5.74) is 1.58. The molecule has 2 aromatic rings. The number of halogens is 4. The minimum absolute atomic E-state index is 0.0819. The summed E-state index contributed by atoms with van der Waals surface area (Å²) in [7, 11) is 0. The van der Waals surface area contributed by atoms with Gasteiger partial charge in [-0.25, -0.2) is 0 Å². The number of para-hydroxylation sites is 1. The van der Waals surface area contributed by atoms with Crippen molar-refractivity contribution in [1.82, 2.24) is 9.78 Å². The molecule has 8 heteroatoms. The van der Waals surface area contributed by atoms with Crippen molar-refractivity contribution in [1.29, 1.82) is 0 Å². The van der Waals surface area contributed by atoms with E-state index in [-0.39, 0.29) is 5.92 Å². The zero-order valence-corrected chi connectivity index (χ0v) is 15.4. The average molecular weight is 386 g/mol. The van der Waals surface area contributed by atoms with Gasteiger partial charge in [0.1, 0.15) is 6.04 Å². The maximum Gasteiger partial charge on any atom is 0.436 e. The fraction of sp³-hybridized carbons (Fsp3) is 0.444. The van der Waals surface area contributed by atoms with Crippen molar-refractivity contribution in [2.75, 3.05) is 5.32 Å². The van der Waals surface area contributed by atoms with Gasteiger partial charge < -0.3 is 5.32 Å². The number of benzene rings is 1. The number of hydrogen-bond donors (Lipinski definition) is 1. The van der Waals surface area contributed by atoms with Gasteiger partial charge >= 0.3 is 6.18 Å². The minimum atomic E-state index is -4.66. The highest BCUT2D eigenvalue weighted by molar-refractivity contribution is 6.32. The molecular weight excluding hydrogens is 367 g/mol. The summed E-state index contributed by atoms with van der Waals surface area (Å²) in [4.78, 5) is 12.7. The highest BCUT2D eigenvalue weighted by Crippen LogP contribution is 2.47. The number of hydrogen-bond acceptors (Lipinski definition) is 2. The summed E-state index contributed by atoms with van der Waals surface area (Å²) in [6.07, 6.45) is -3.17. The van der Waals surface area contributed by atoms with Crippen molar-refractivity contribution in [2.45, 2.75) is 51.7 Å². The Balaban J connectivity index is 1.94. The van der Waals surface area contributed by atoms with E-state index in [0.717, 1.165) is 28.7 Å². The van der Waals surface area contributed by atoms with Gasteiger partial charge in [0.2, 0.25) is 5.91 Å². The molecule has 1 N–H and O–H groups in total. The number of carbonyl (C=O) groups is 1. The molecule has 3 rings (SSSR count). The summed E-state index contributed by atoms with van der Waals surface area (Å²) in [6, 6.07) is 4.67. The highest BCUT2D eigenvalue weighted by atomic mass is 35.5. The van der Waals surface area contributed by atoms with Crippen LogP contribution in [0.4, 0.5) is 18.9 Å². The molecule has 1 aliphatic carbocycles. The molecule has 1 unspecified atom stereocenters. The van der Waals surface area contributed by atoms with E-state index in [4.69, 9.17) is 11.6 Å². The Bertz CT molecular complexity index is 836. The Labute approximate surface area is 154 Å². The molecule has 0 radical (unpaired) electrons. The lowest BCUT2D eigenvalue weighted by molar-refractivity contribution is -0.141. The Morgan fingerprint density at radius 2 is 1.88 bits per heavy atom. The fourth-order valence-corrected chi connectivity index (χ4v) is 3.36. The van der Waals surface area contributed by atoms with Crippen molar-refractivity contribution in [2.24, 2.45) is 0 Å². The van der Waals surface area contributed by atoms with Gasteiger partial charge in [-0.1, -0.05) is 29.8 Å². The van der Waals surface area contributed by atoms with Crippen LogP contribution >= 0.6 is 11.6 Å². The maximum absolute atomic E-state index is 13.2. The molecule has 1 saturated carbocycles. The third kappa shape index (κ3) is 3.45. The van der Waals surface area contributed by atoms with Crippen LogP contribution in [0.15, 0.2) is 18.2 Å². The number of alkyl halides is 3. The van der Waals surface area contributed by atoms with Gasteiger partial charge in [0.05, 0.1) is 10.7 Å². The molecule has 0 spiro atoms. The van der Waals surface area contributed by atoms with Gasteiger partial charge in [-0.2, -0.15) is 18.3 Å². The highest BCUT2D eigenvalue weighted by Gasteiger charge is 2.43. The quantitative estimate of drug-likeness (QED) is 0.781. The van der Waals surface area contributed by atoms with Crippen LogP contribution in [0.2, 0.25) is 5.02 Å². The molecule has 1 heterocycles. The van der Waals surface area contributed by atoms with Crippen LogP contribution in [-0.2, 0) is 11.0 Å². The number of aryl methyl sites for hydroxylation is 2. The zero-order valence-electron chi connectivity index (χ0n) is 14.6. The van der Waals surface area contributed by atoms with Crippen molar-refractivity contribution < 1.29 is 18.0 Å². The molecule has 1 aromatic heterocycles. The monoisotopic (exact) mass is 385 g/mol. The summed E-state index contributed by atoms with van der Waals surface area (Å²) in [5.74, 6) is -0.515. The van der Waals surface area contributed by atoms with Crippen LogP contribution in [0.3, 0.4) is 0 Å². The molecule has 4 nitrogen and oxygen atoms in total. The second-order valence-corrected chi connectivity index (χ2v) is 7.07. The lowest BCUT2D eigenvalue weighted by Crippen LogP contribution is -2.26. The molecule has 1 atom stereocenters. The van der Waals surface area contributed by atoms with Gasteiger partial charge in [-0.3, -0.25) is 9.48 Å². The lowest BCUT2D eigenvalue weighted by atomic mass is 10.1. The molecule has 0 aliphatic heterocycles. The normalized spacial score (nSPS) is 15.8. The van der Waals surface area contributed by atoms with E-state index in [2.05, 4.69) is 10.4 Å². The predicted molar refractivity (Wildman–Crippen MR) is 93.5 cm³/mol. The number of aromatic nitrogens is 2. The molecule has 1 amide bonds.